The zero-order valence-corrected chi connectivity index (χ0v) is 8.73. The highest BCUT2D eigenvalue weighted by Crippen LogP contribution is 2.20. The topological polar surface area (TPSA) is 24.5 Å². The molecule has 0 amide bonds. The Bertz CT molecular complexity index is 191. The lowest BCUT2D eigenvalue weighted by Crippen LogP contribution is -2.43. The summed E-state index contributed by atoms with van der Waals surface area (Å²) in [6.07, 6.45) is -0.276. The summed E-state index contributed by atoms with van der Waals surface area (Å²) in [5.41, 5.74) is 0. The lowest BCUT2D eigenvalue weighted by atomic mass is 10.2. The summed E-state index contributed by atoms with van der Waals surface area (Å²) >= 11 is 5.05. The van der Waals surface area contributed by atoms with E-state index in [4.69, 9.17) is 17.0 Å². The molecule has 1 aliphatic rings. The van der Waals surface area contributed by atoms with E-state index in [1.54, 1.807) is 14.2 Å². The molecule has 13 heavy (non-hydrogen) atoms. The number of halogens is 1. The molecule has 76 valence electrons. The van der Waals surface area contributed by atoms with Gasteiger partial charge in [-0.2, -0.15) is 0 Å². The van der Waals surface area contributed by atoms with Crippen molar-refractivity contribution in [3.63, 3.8) is 0 Å². The summed E-state index contributed by atoms with van der Waals surface area (Å²) in [7, 11) is 3.36. The number of thiocarbonyl (C=S) groups is 1. The molecule has 2 atom stereocenters. The third-order valence-electron chi connectivity index (χ3n) is 2.20. The summed E-state index contributed by atoms with van der Waals surface area (Å²) in [6.45, 7) is 0.913. The highest BCUT2D eigenvalue weighted by molar-refractivity contribution is 7.80. The van der Waals surface area contributed by atoms with E-state index < -0.39 is 6.17 Å². The molecular weight excluding hydrogens is 191 g/mol. The second-order valence-corrected chi connectivity index (χ2v) is 3.54. The number of likely N-dealkylation sites (tertiary alicyclic amines) is 1. The largest absolute Gasteiger partial charge is 0.383 e. The minimum Gasteiger partial charge on any atom is -0.383 e. The fourth-order valence-electron chi connectivity index (χ4n) is 1.60. The molecule has 0 aromatic carbocycles. The summed E-state index contributed by atoms with van der Waals surface area (Å²) in [4.78, 5) is 1.85. The number of alkyl halides is 1. The van der Waals surface area contributed by atoms with Gasteiger partial charge in [0.05, 0.1) is 19.2 Å². The maximum Gasteiger partial charge on any atom is 0.169 e. The lowest BCUT2D eigenvalue weighted by Gasteiger charge is -2.25. The van der Waals surface area contributed by atoms with Crippen molar-refractivity contribution in [1.82, 2.24) is 10.2 Å². The third kappa shape index (κ3) is 2.51. The fourth-order valence-corrected chi connectivity index (χ4v) is 1.83. The van der Waals surface area contributed by atoms with Crippen molar-refractivity contribution in [2.45, 2.75) is 18.6 Å². The van der Waals surface area contributed by atoms with Crippen molar-refractivity contribution in [2.75, 3.05) is 27.3 Å². The molecular formula is C8H15FN2OS. The van der Waals surface area contributed by atoms with E-state index in [9.17, 15) is 4.39 Å². The van der Waals surface area contributed by atoms with Gasteiger partial charge in [0.15, 0.2) is 5.11 Å². The van der Waals surface area contributed by atoms with Gasteiger partial charge in [-0.05, 0) is 12.2 Å². The first-order valence-electron chi connectivity index (χ1n) is 4.30. The van der Waals surface area contributed by atoms with Crippen molar-refractivity contribution in [3.05, 3.63) is 0 Å². The van der Waals surface area contributed by atoms with Gasteiger partial charge in [-0.25, -0.2) is 4.39 Å². The molecule has 1 heterocycles. The first kappa shape index (κ1) is 10.7. The van der Waals surface area contributed by atoms with Crippen LogP contribution in [0.1, 0.15) is 6.42 Å². The van der Waals surface area contributed by atoms with Crippen LogP contribution in [-0.4, -0.2) is 49.5 Å². The van der Waals surface area contributed by atoms with Crippen LogP contribution in [0.25, 0.3) is 0 Å². The van der Waals surface area contributed by atoms with Gasteiger partial charge in [0.2, 0.25) is 0 Å². The van der Waals surface area contributed by atoms with E-state index in [0.717, 1.165) is 0 Å². The summed E-state index contributed by atoms with van der Waals surface area (Å²) in [6, 6.07) is 0.0833. The van der Waals surface area contributed by atoms with Gasteiger partial charge in [-0.15, -0.1) is 0 Å². The predicted octanol–water partition coefficient (Wildman–Crippen LogP) is 0.549. The van der Waals surface area contributed by atoms with E-state index in [0.29, 0.717) is 24.7 Å². The van der Waals surface area contributed by atoms with Gasteiger partial charge in [-0.3, -0.25) is 0 Å². The van der Waals surface area contributed by atoms with Gasteiger partial charge in [-0.1, -0.05) is 0 Å². The van der Waals surface area contributed by atoms with Crippen LogP contribution in [0.15, 0.2) is 0 Å². The zero-order chi connectivity index (χ0) is 9.84. The highest BCUT2D eigenvalue weighted by Gasteiger charge is 2.33. The minimum absolute atomic E-state index is 0.0833. The maximum absolute atomic E-state index is 13.1. The third-order valence-corrected chi connectivity index (χ3v) is 2.64. The average Bonchev–Trinajstić information content (AvgIpc) is 2.46. The Morgan fingerprint density at radius 3 is 3.00 bits per heavy atom. The Morgan fingerprint density at radius 2 is 2.46 bits per heavy atom. The summed E-state index contributed by atoms with van der Waals surface area (Å²) in [5, 5.41) is 3.45. The quantitative estimate of drug-likeness (QED) is 0.667. The molecule has 1 aliphatic heterocycles. The number of methoxy groups -OCH3 is 1. The molecule has 1 fully saturated rings. The maximum atomic E-state index is 13.1. The van der Waals surface area contributed by atoms with Crippen LogP contribution in [0.3, 0.4) is 0 Å². The minimum atomic E-state index is -0.786. The van der Waals surface area contributed by atoms with Crippen LogP contribution >= 0.6 is 12.2 Å². The molecule has 1 saturated heterocycles. The second-order valence-electron chi connectivity index (χ2n) is 3.15. The predicted molar refractivity (Wildman–Crippen MR) is 53.5 cm³/mol. The van der Waals surface area contributed by atoms with Crippen LogP contribution in [0.4, 0.5) is 4.39 Å². The Hall–Kier alpha value is -0.420. The van der Waals surface area contributed by atoms with E-state index >= 15 is 0 Å². The SMILES string of the molecule is CNC(=S)N1C[C@@H](F)C[C@H]1COC. The molecule has 0 aromatic rings. The number of hydrogen-bond donors (Lipinski definition) is 1. The van der Waals surface area contributed by atoms with Crippen molar-refractivity contribution >= 4 is 17.3 Å². The number of rotatable bonds is 2. The normalized spacial score (nSPS) is 27.8. The van der Waals surface area contributed by atoms with Crippen molar-refractivity contribution in [1.29, 1.82) is 0 Å². The van der Waals surface area contributed by atoms with Gasteiger partial charge < -0.3 is 15.0 Å². The molecule has 0 radical (unpaired) electrons. The summed E-state index contributed by atoms with van der Waals surface area (Å²) < 4.78 is 18.1. The Labute approximate surface area is 83.2 Å². The van der Waals surface area contributed by atoms with Crippen molar-refractivity contribution in [2.24, 2.45) is 0 Å². The molecule has 0 spiro atoms. The van der Waals surface area contributed by atoms with Gasteiger partial charge in [0.25, 0.3) is 0 Å². The molecule has 5 heteroatoms. The molecule has 3 nitrogen and oxygen atoms in total. The van der Waals surface area contributed by atoms with Crippen molar-refractivity contribution in [3.8, 4) is 0 Å². The van der Waals surface area contributed by atoms with Gasteiger partial charge in [0.1, 0.15) is 6.17 Å². The Kier molecular flexibility index (Phi) is 3.87. The van der Waals surface area contributed by atoms with E-state index in [-0.39, 0.29) is 6.04 Å². The molecule has 0 unspecified atom stereocenters. The number of nitrogens with one attached hydrogen (secondary N) is 1. The Balaban J connectivity index is 2.55. The van der Waals surface area contributed by atoms with Crippen LogP contribution < -0.4 is 5.32 Å². The molecule has 1 rings (SSSR count). The molecule has 1 N–H and O–H groups in total. The standard InChI is InChI=1S/C8H15FN2OS/c1-10-8(13)11-4-6(9)3-7(11)5-12-2/h6-7H,3-5H2,1-2H3,(H,10,13)/t6-,7-/m0/s1. The second kappa shape index (κ2) is 4.72. The van der Waals surface area contributed by atoms with Crippen LogP contribution in [0.5, 0.6) is 0 Å². The average molecular weight is 206 g/mol. The first-order chi connectivity index (χ1) is 6.19. The molecule has 0 bridgehead atoms. The van der Waals surface area contributed by atoms with E-state index in [1.165, 1.54) is 0 Å². The summed E-state index contributed by atoms with van der Waals surface area (Å²) in [5.74, 6) is 0. The fraction of sp³-hybridized carbons (Fsp3) is 0.875. The highest BCUT2D eigenvalue weighted by atomic mass is 32.1. The number of nitrogens with zero attached hydrogens (tertiary/aromatic N) is 1. The first-order valence-corrected chi connectivity index (χ1v) is 4.71. The smallest absolute Gasteiger partial charge is 0.169 e. The van der Waals surface area contributed by atoms with E-state index in [1.807, 2.05) is 4.90 Å². The molecule has 0 aromatic heterocycles. The number of ether oxygens (including phenoxy) is 1. The lowest BCUT2D eigenvalue weighted by molar-refractivity contribution is 0.144. The van der Waals surface area contributed by atoms with Gasteiger partial charge >= 0.3 is 0 Å². The van der Waals surface area contributed by atoms with Crippen LogP contribution in [0, 0.1) is 0 Å². The van der Waals surface area contributed by atoms with Crippen LogP contribution in [0.2, 0.25) is 0 Å². The molecule has 0 saturated carbocycles. The monoisotopic (exact) mass is 206 g/mol. The Morgan fingerprint density at radius 1 is 1.77 bits per heavy atom. The van der Waals surface area contributed by atoms with E-state index in [2.05, 4.69) is 5.32 Å². The molecule has 0 aliphatic carbocycles. The zero-order valence-electron chi connectivity index (χ0n) is 7.92. The van der Waals surface area contributed by atoms with Crippen LogP contribution in [-0.2, 0) is 4.74 Å². The van der Waals surface area contributed by atoms with Gasteiger partial charge in [0, 0.05) is 20.6 Å². The number of hydrogen-bond acceptors (Lipinski definition) is 2. The van der Waals surface area contributed by atoms with Crippen molar-refractivity contribution < 1.29 is 9.13 Å².